The van der Waals surface area contributed by atoms with Gasteiger partial charge in [-0.05, 0) is 42.0 Å². The molecule has 9 heteroatoms. The van der Waals surface area contributed by atoms with E-state index in [0.717, 1.165) is 16.8 Å². The molecule has 34 heavy (non-hydrogen) atoms. The van der Waals surface area contributed by atoms with Gasteiger partial charge in [0.2, 0.25) is 10.0 Å². The topological polar surface area (TPSA) is 79.4 Å². The fourth-order valence-corrected chi connectivity index (χ4v) is 5.61. The van der Waals surface area contributed by atoms with Crippen molar-refractivity contribution in [1.29, 1.82) is 0 Å². The van der Waals surface area contributed by atoms with Crippen molar-refractivity contribution in [3.8, 4) is 11.3 Å². The molecule has 1 amide bonds. The number of benzene rings is 3. The van der Waals surface area contributed by atoms with Crippen molar-refractivity contribution < 1.29 is 13.2 Å². The SMILES string of the molecule is CCN(Cc1ccccc1)S(=O)(=O)c1ccc(C(=O)Nc2nc(-c3ccc(Cl)cc3)cs2)cc1. The third kappa shape index (κ3) is 5.53. The lowest BCUT2D eigenvalue weighted by molar-refractivity contribution is 0.102. The van der Waals surface area contributed by atoms with Crippen LogP contribution in [0.1, 0.15) is 22.8 Å². The Kier molecular flexibility index (Phi) is 7.43. The highest BCUT2D eigenvalue weighted by atomic mass is 35.5. The molecule has 0 bridgehead atoms. The van der Waals surface area contributed by atoms with Gasteiger partial charge in [-0.2, -0.15) is 4.31 Å². The van der Waals surface area contributed by atoms with Gasteiger partial charge in [-0.3, -0.25) is 10.1 Å². The van der Waals surface area contributed by atoms with Crippen LogP contribution in [0, 0.1) is 0 Å². The number of carbonyl (C=O) groups is 1. The van der Waals surface area contributed by atoms with Crippen LogP contribution < -0.4 is 5.32 Å². The summed E-state index contributed by atoms with van der Waals surface area (Å²) in [5.41, 5.74) is 2.88. The molecule has 1 heterocycles. The first kappa shape index (κ1) is 24.1. The fraction of sp³-hybridized carbons (Fsp3) is 0.120. The zero-order chi connectivity index (χ0) is 24.1. The molecule has 0 fully saturated rings. The van der Waals surface area contributed by atoms with Gasteiger partial charge in [0.05, 0.1) is 10.6 Å². The molecule has 0 unspecified atom stereocenters. The fourth-order valence-electron chi connectivity index (χ4n) is 3.33. The van der Waals surface area contributed by atoms with Gasteiger partial charge < -0.3 is 0 Å². The monoisotopic (exact) mass is 511 g/mol. The smallest absolute Gasteiger partial charge is 0.257 e. The molecule has 0 radical (unpaired) electrons. The van der Waals surface area contributed by atoms with E-state index in [0.29, 0.717) is 22.3 Å². The maximum atomic E-state index is 13.1. The van der Waals surface area contributed by atoms with E-state index in [1.165, 1.54) is 39.9 Å². The lowest BCUT2D eigenvalue weighted by Crippen LogP contribution is -2.30. The Balaban J connectivity index is 1.45. The number of hydrogen-bond acceptors (Lipinski definition) is 5. The Bertz CT molecular complexity index is 1370. The molecule has 4 aromatic rings. The molecule has 174 valence electrons. The molecule has 6 nitrogen and oxygen atoms in total. The molecule has 0 aliphatic rings. The number of aromatic nitrogens is 1. The summed E-state index contributed by atoms with van der Waals surface area (Å²) in [6.07, 6.45) is 0. The minimum absolute atomic E-state index is 0.140. The number of thiazole rings is 1. The first-order chi connectivity index (χ1) is 16.4. The number of amides is 1. The van der Waals surface area contributed by atoms with Crippen LogP contribution in [0.3, 0.4) is 0 Å². The standard InChI is InChI=1S/C25H22ClN3O3S2/c1-2-29(16-18-6-4-3-5-7-18)34(31,32)22-14-10-20(11-15-22)24(30)28-25-27-23(17-33-25)19-8-12-21(26)13-9-19/h3-15,17H,2,16H2,1H3,(H,27,28,30). The summed E-state index contributed by atoms with van der Waals surface area (Å²) in [4.78, 5) is 17.3. The summed E-state index contributed by atoms with van der Waals surface area (Å²) >= 11 is 7.24. The number of nitrogens with zero attached hydrogens (tertiary/aromatic N) is 2. The second-order valence-corrected chi connectivity index (χ2v) is 10.7. The number of anilines is 1. The van der Waals surface area contributed by atoms with E-state index in [4.69, 9.17) is 11.6 Å². The maximum absolute atomic E-state index is 13.1. The van der Waals surface area contributed by atoms with Crippen molar-refractivity contribution in [2.45, 2.75) is 18.4 Å². The zero-order valence-electron chi connectivity index (χ0n) is 18.3. The third-order valence-electron chi connectivity index (χ3n) is 5.17. The Labute approximate surface area is 207 Å². The number of nitrogens with one attached hydrogen (secondary N) is 1. The molecule has 0 spiro atoms. The van der Waals surface area contributed by atoms with E-state index in [1.54, 1.807) is 19.1 Å². The summed E-state index contributed by atoms with van der Waals surface area (Å²) < 4.78 is 27.6. The molecule has 3 aromatic carbocycles. The zero-order valence-corrected chi connectivity index (χ0v) is 20.7. The first-order valence-electron chi connectivity index (χ1n) is 10.5. The summed E-state index contributed by atoms with van der Waals surface area (Å²) in [5, 5.41) is 5.70. The van der Waals surface area contributed by atoms with Crippen LogP contribution >= 0.6 is 22.9 Å². The van der Waals surface area contributed by atoms with Crippen molar-refractivity contribution in [3.63, 3.8) is 0 Å². The highest BCUT2D eigenvalue weighted by molar-refractivity contribution is 7.89. The Hall–Kier alpha value is -3.04. The lowest BCUT2D eigenvalue weighted by atomic mass is 10.2. The summed E-state index contributed by atoms with van der Waals surface area (Å²) in [7, 11) is -3.70. The van der Waals surface area contributed by atoms with Crippen molar-refractivity contribution in [1.82, 2.24) is 9.29 Å². The number of hydrogen-bond donors (Lipinski definition) is 1. The molecule has 1 aromatic heterocycles. The van der Waals surface area contributed by atoms with Crippen molar-refractivity contribution in [2.24, 2.45) is 0 Å². The normalized spacial score (nSPS) is 11.5. The van der Waals surface area contributed by atoms with Crippen molar-refractivity contribution in [2.75, 3.05) is 11.9 Å². The molecule has 0 aliphatic carbocycles. The average molecular weight is 512 g/mol. The van der Waals surface area contributed by atoms with Crippen LogP contribution in [0.5, 0.6) is 0 Å². The van der Waals surface area contributed by atoms with E-state index in [2.05, 4.69) is 10.3 Å². The lowest BCUT2D eigenvalue weighted by Gasteiger charge is -2.20. The van der Waals surface area contributed by atoms with Crippen LogP contribution in [0.2, 0.25) is 5.02 Å². The van der Waals surface area contributed by atoms with Crippen LogP contribution in [0.15, 0.2) is 89.1 Å². The number of carbonyl (C=O) groups excluding carboxylic acids is 1. The Morgan fingerprint density at radius 2 is 1.68 bits per heavy atom. The minimum Gasteiger partial charge on any atom is -0.298 e. The molecule has 4 rings (SSSR count). The van der Waals surface area contributed by atoms with E-state index in [1.807, 2.05) is 47.8 Å². The van der Waals surface area contributed by atoms with Gasteiger partial charge in [0.25, 0.3) is 5.91 Å². The first-order valence-corrected chi connectivity index (χ1v) is 13.2. The summed E-state index contributed by atoms with van der Waals surface area (Å²) in [6, 6.07) is 22.6. The van der Waals surface area contributed by atoms with Gasteiger partial charge in [-0.1, -0.05) is 61.0 Å². The molecular formula is C25H22ClN3O3S2. The maximum Gasteiger partial charge on any atom is 0.257 e. The van der Waals surface area contributed by atoms with Gasteiger partial charge in [0.1, 0.15) is 0 Å². The molecule has 0 saturated carbocycles. The molecular weight excluding hydrogens is 490 g/mol. The summed E-state index contributed by atoms with van der Waals surface area (Å²) in [5.74, 6) is -0.363. The number of sulfonamides is 1. The highest BCUT2D eigenvalue weighted by Gasteiger charge is 2.23. The molecule has 1 N–H and O–H groups in total. The Morgan fingerprint density at radius 3 is 2.32 bits per heavy atom. The second kappa shape index (κ2) is 10.5. The van der Waals surface area contributed by atoms with Gasteiger partial charge in [-0.15, -0.1) is 11.3 Å². The molecule has 0 aliphatic heterocycles. The van der Waals surface area contributed by atoms with E-state index in [9.17, 15) is 13.2 Å². The highest BCUT2D eigenvalue weighted by Crippen LogP contribution is 2.26. The minimum atomic E-state index is -3.70. The third-order valence-corrected chi connectivity index (χ3v) is 8.12. The van der Waals surface area contributed by atoms with Gasteiger partial charge in [0, 0.05) is 34.6 Å². The van der Waals surface area contributed by atoms with Crippen molar-refractivity contribution in [3.05, 3.63) is 100 Å². The Morgan fingerprint density at radius 1 is 1.00 bits per heavy atom. The van der Waals surface area contributed by atoms with Crippen LogP contribution in [-0.2, 0) is 16.6 Å². The van der Waals surface area contributed by atoms with Gasteiger partial charge in [0.15, 0.2) is 5.13 Å². The van der Waals surface area contributed by atoms with Gasteiger partial charge in [-0.25, -0.2) is 13.4 Å². The largest absolute Gasteiger partial charge is 0.298 e. The molecule has 0 atom stereocenters. The van der Waals surface area contributed by atoms with Crippen LogP contribution in [0.25, 0.3) is 11.3 Å². The van der Waals surface area contributed by atoms with E-state index < -0.39 is 10.0 Å². The predicted molar refractivity (Wildman–Crippen MR) is 137 cm³/mol. The van der Waals surface area contributed by atoms with Crippen LogP contribution in [0.4, 0.5) is 5.13 Å². The second-order valence-electron chi connectivity index (χ2n) is 7.44. The summed E-state index contributed by atoms with van der Waals surface area (Å²) in [6.45, 7) is 2.41. The number of rotatable bonds is 8. The van der Waals surface area contributed by atoms with E-state index in [-0.39, 0.29) is 17.3 Å². The van der Waals surface area contributed by atoms with Gasteiger partial charge >= 0.3 is 0 Å². The van der Waals surface area contributed by atoms with E-state index >= 15 is 0 Å². The average Bonchev–Trinajstić information content (AvgIpc) is 3.32. The van der Waals surface area contributed by atoms with Crippen LogP contribution in [-0.4, -0.2) is 30.2 Å². The van der Waals surface area contributed by atoms with Crippen molar-refractivity contribution >= 4 is 44.0 Å². The predicted octanol–water partition coefficient (Wildman–Crippen LogP) is 5.93. The number of halogens is 1. The quantitative estimate of drug-likeness (QED) is 0.318. The molecule has 0 saturated heterocycles.